The summed E-state index contributed by atoms with van der Waals surface area (Å²) in [5.41, 5.74) is -0.703. The van der Waals surface area contributed by atoms with Crippen molar-refractivity contribution in [3.05, 3.63) is 0 Å². The Morgan fingerprint density at radius 3 is 2.30 bits per heavy atom. The van der Waals surface area contributed by atoms with Crippen LogP contribution in [0.25, 0.3) is 0 Å². The number of halogens is 2. The van der Waals surface area contributed by atoms with Crippen LogP contribution in [0.1, 0.15) is 40.0 Å². The molecule has 3 aliphatic rings. The van der Waals surface area contributed by atoms with Crippen molar-refractivity contribution in [3.63, 3.8) is 0 Å². The minimum Gasteiger partial charge on any atom is -0.691 e. The van der Waals surface area contributed by atoms with Crippen molar-refractivity contribution in [2.45, 2.75) is 50.9 Å². The van der Waals surface area contributed by atoms with Crippen LogP contribution < -0.4 is 5.26 Å². The molecule has 3 saturated carbocycles. The minimum absolute atomic E-state index is 0.183. The van der Waals surface area contributed by atoms with Crippen LogP contribution in [0.2, 0.25) is 0 Å². The Morgan fingerprint density at radius 1 is 1.30 bits per heavy atom. The van der Waals surface area contributed by atoms with Crippen molar-refractivity contribution < 1.29 is 32.9 Å². The first-order valence-electron chi connectivity index (χ1n) is 6.36. The highest BCUT2D eigenvalue weighted by molar-refractivity contribution is 7.96. The molecule has 0 aromatic rings. The quantitative estimate of drug-likeness (QED) is 0.336. The van der Waals surface area contributed by atoms with E-state index in [-0.39, 0.29) is 5.41 Å². The zero-order valence-corrected chi connectivity index (χ0v) is 12.3. The Labute approximate surface area is 120 Å². The van der Waals surface area contributed by atoms with Crippen molar-refractivity contribution in [2.75, 3.05) is 0 Å². The summed E-state index contributed by atoms with van der Waals surface area (Å²) in [5.74, 6) is -0.954. The summed E-state index contributed by atoms with van der Waals surface area (Å²) in [6.07, 6.45) is 2.20. The second-order valence-electron chi connectivity index (χ2n) is 6.43. The Hall–Kier alpha value is -0.440. The molecule has 2 unspecified atom stereocenters. The molecule has 0 N–H and O–H groups in total. The average Bonchev–Trinajstić information content (AvgIpc) is 2.35. The molecule has 2 atom stereocenters. The third-order valence-corrected chi connectivity index (χ3v) is 5.27. The van der Waals surface area contributed by atoms with Gasteiger partial charge in [0.05, 0.1) is 0 Å². The lowest BCUT2D eigenvalue weighted by Crippen LogP contribution is -2.57. The van der Waals surface area contributed by atoms with E-state index in [1.165, 1.54) is 0 Å². The Bertz CT molecular complexity index is 387. The predicted octanol–water partition coefficient (Wildman–Crippen LogP) is 2.21. The van der Waals surface area contributed by atoms with Crippen molar-refractivity contribution in [2.24, 2.45) is 17.3 Å². The standard InChI is InChI=1S/C12H18F2O5S/c1-10(2)7-4-8(10)6-11(3,5-7)17-9(15)12(13,14)20-19-18-16/h7-8,16H,4-6H2,1-3H3/p-1. The third-order valence-electron chi connectivity index (χ3n) is 4.77. The second-order valence-corrected chi connectivity index (χ2v) is 7.25. The molecular weight excluding hydrogens is 294 g/mol. The molecule has 2 bridgehead atoms. The fourth-order valence-electron chi connectivity index (χ4n) is 3.40. The van der Waals surface area contributed by atoms with Crippen molar-refractivity contribution in [1.82, 2.24) is 0 Å². The fourth-order valence-corrected chi connectivity index (χ4v) is 3.62. The molecule has 116 valence electrons. The van der Waals surface area contributed by atoms with Gasteiger partial charge in [-0.05, 0) is 43.4 Å². The van der Waals surface area contributed by atoms with Crippen molar-refractivity contribution in [1.29, 1.82) is 0 Å². The van der Waals surface area contributed by atoms with Gasteiger partial charge in [0.15, 0.2) is 0 Å². The van der Waals surface area contributed by atoms with Gasteiger partial charge in [0.1, 0.15) is 17.6 Å². The topological polar surface area (TPSA) is 67.8 Å². The van der Waals surface area contributed by atoms with Crippen LogP contribution in [0, 0.1) is 17.3 Å². The number of carbonyl (C=O) groups is 1. The van der Waals surface area contributed by atoms with E-state index >= 15 is 0 Å². The lowest BCUT2D eigenvalue weighted by molar-refractivity contribution is -0.777. The van der Waals surface area contributed by atoms with Gasteiger partial charge in [0.25, 0.3) is 0 Å². The first-order chi connectivity index (χ1) is 9.11. The highest BCUT2D eigenvalue weighted by Crippen LogP contribution is 2.62. The number of rotatable bonds is 5. The molecule has 8 heteroatoms. The number of hydrogen-bond acceptors (Lipinski definition) is 6. The summed E-state index contributed by atoms with van der Waals surface area (Å²) >= 11 is -0.657. The first-order valence-corrected chi connectivity index (χ1v) is 7.10. The summed E-state index contributed by atoms with van der Waals surface area (Å²) in [7, 11) is 0. The predicted molar refractivity (Wildman–Crippen MR) is 63.8 cm³/mol. The van der Waals surface area contributed by atoms with Gasteiger partial charge in [-0.25, -0.2) is 4.79 Å². The number of fused-ring (bicyclic) bond motifs is 2. The number of esters is 1. The largest absolute Gasteiger partial charge is 0.691 e. The molecule has 0 heterocycles. The molecule has 0 spiro atoms. The van der Waals surface area contributed by atoms with Gasteiger partial charge < -0.3 is 9.99 Å². The molecule has 0 radical (unpaired) electrons. The molecule has 3 aliphatic carbocycles. The zero-order valence-electron chi connectivity index (χ0n) is 11.5. The van der Waals surface area contributed by atoms with E-state index in [2.05, 4.69) is 23.2 Å². The number of ether oxygens (including phenoxy) is 1. The first kappa shape index (κ1) is 15.9. The van der Waals surface area contributed by atoms with Crippen molar-refractivity contribution in [3.8, 4) is 0 Å². The highest BCUT2D eigenvalue weighted by Gasteiger charge is 2.59. The molecule has 3 fully saturated rings. The number of hydrogen-bond donors (Lipinski definition) is 0. The van der Waals surface area contributed by atoms with E-state index in [1.54, 1.807) is 6.92 Å². The van der Waals surface area contributed by atoms with E-state index in [0.717, 1.165) is 6.42 Å². The van der Waals surface area contributed by atoms with Gasteiger partial charge in [-0.3, -0.25) is 5.04 Å². The second kappa shape index (κ2) is 5.08. The SMILES string of the molecule is CC1(OC(=O)C(F)(F)SOO[O-])CC2CC(C1)C2(C)C. The van der Waals surface area contributed by atoms with Crippen LogP contribution in [-0.2, 0) is 18.9 Å². The van der Waals surface area contributed by atoms with Crippen LogP contribution in [0.4, 0.5) is 8.78 Å². The fraction of sp³-hybridized carbons (Fsp3) is 0.917. The molecule has 3 rings (SSSR count). The summed E-state index contributed by atoms with van der Waals surface area (Å²) < 4.78 is 35.2. The van der Waals surface area contributed by atoms with Gasteiger partial charge in [-0.15, -0.1) is 0 Å². The summed E-state index contributed by atoms with van der Waals surface area (Å²) in [5, 5.41) is 8.40. The lowest BCUT2D eigenvalue weighted by Gasteiger charge is -2.61. The minimum atomic E-state index is -3.97. The summed E-state index contributed by atoms with van der Waals surface area (Å²) in [6.45, 7) is 5.97. The zero-order chi connectivity index (χ0) is 15.2. The normalized spacial score (nSPS) is 35.3. The van der Waals surface area contributed by atoms with Gasteiger partial charge in [0, 0.05) is 0 Å². The third kappa shape index (κ3) is 2.79. The maximum atomic E-state index is 13.3. The van der Waals surface area contributed by atoms with E-state index in [4.69, 9.17) is 4.74 Å². The summed E-state index contributed by atoms with van der Waals surface area (Å²) in [6, 6.07) is 0. The van der Waals surface area contributed by atoms with Gasteiger partial charge in [0.2, 0.25) is 0 Å². The van der Waals surface area contributed by atoms with E-state index < -0.39 is 28.9 Å². The van der Waals surface area contributed by atoms with Crippen LogP contribution in [0.5, 0.6) is 0 Å². The molecule has 0 aromatic heterocycles. The highest BCUT2D eigenvalue weighted by atomic mass is 32.2. The van der Waals surface area contributed by atoms with E-state index in [0.29, 0.717) is 24.7 Å². The molecule has 0 amide bonds. The van der Waals surface area contributed by atoms with Crippen LogP contribution >= 0.6 is 12.0 Å². The lowest BCUT2D eigenvalue weighted by atomic mass is 9.46. The maximum absolute atomic E-state index is 13.3. The smallest absolute Gasteiger partial charge is 0.415 e. The molecular formula is C12H17F2O5S-. The van der Waals surface area contributed by atoms with Crippen LogP contribution in [0.3, 0.4) is 0 Å². The molecule has 0 aromatic carbocycles. The maximum Gasteiger partial charge on any atom is 0.415 e. The molecule has 5 nitrogen and oxygen atoms in total. The average molecular weight is 311 g/mol. The Kier molecular flexibility index (Phi) is 4.05. The summed E-state index contributed by atoms with van der Waals surface area (Å²) in [4.78, 5) is 11.5. The van der Waals surface area contributed by atoms with E-state index in [9.17, 15) is 18.8 Å². The van der Waals surface area contributed by atoms with Gasteiger partial charge in [-0.1, -0.05) is 13.8 Å². The Balaban J connectivity index is 1.95. The number of alkyl halides is 2. The van der Waals surface area contributed by atoms with Crippen molar-refractivity contribution >= 4 is 18.0 Å². The monoisotopic (exact) mass is 311 g/mol. The van der Waals surface area contributed by atoms with Gasteiger partial charge in [-0.2, -0.15) is 13.1 Å². The van der Waals surface area contributed by atoms with E-state index in [1.807, 2.05) is 0 Å². The molecule has 0 saturated heterocycles. The number of carbonyl (C=O) groups excluding carboxylic acids is 1. The van der Waals surface area contributed by atoms with Crippen LogP contribution in [-0.4, -0.2) is 16.8 Å². The molecule has 0 aliphatic heterocycles. The van der Waals surface area contributed by atoms with Crippen LogP contribution in [0.15, 0.2) is 0 Å². The Morgan fingerprint density at radius 2 is 1.85 bits per heavy atom. The van der Waals surface area contributed by atoms with Gasteiger partial charge >= 0.3 is 11.2 Å². The molecule has 20 heavy (non-hydrogen) atoms.